The van der Waals surface area contributed by atoms with Crippen molar-refractivity contribution in [3.8, 4) is 9.89 Å². The second-order valence-electron chi connectivity index (χ2n) is 5.44. The minimum absolute atomic E-state index is 0.727. The maximum atomic E-state index is 6.09. The van der Waals surface area contributed by atoms with Gasteiger partial charge in [0.15, 0.2) is 0 Å². The Hall–Kier alpha value is -0.374. The van der Waals surface area contributed by atoms with E-state index in [9.17, 15) is 0 Å². The van der Waals surface area contributed by atoms with Crippen molar-refractivity contribution >= 4 is 28.4 Å². The van der Waals surface area contributed by atoms with Crippen molar-refractivity contribution < 1.29 is 13.3 Å². The molecule has 0 aromatic heterocycles. The molecule has 118 valence electrons. The van der Waals surface area contributed by atoms with Crippen LogP contribution in [0.5, 0.6) is 0 Å². The predicted molar refractivity (Wildman–Crippen MR) is 89.8 cm³/mol. The Balaban J connectivity index is 1.66. The van der Waals surface area contributed by atoms with Crippen LogP contribution >= 0.6 is 0 Å². The summed E-state index contributed by atoms with van der Waals surface area (Å²) in [5.74, 6) is 3.30. The van der Waals surface area contributed by atoms with E-state index in [1.807, 2.05) is 18.2 Å². The van der Waals surface area contributed by atoms with E-state index in [4.69, 9.17) is 13.3 Å². The number of benzene rings is 1. The SMILES string of the molecule is C[Te+](C#Cc1ccccc1)C[Si]12OCCN(CCO1)CCO2. The fourth-order valence-corrected chi connectivity index (χ4v) is 13.0. The molecule has 0 amide bonds. The minimum atomic E-state index is -2.48. The van der Waals surface area contributed by atoms with Crippen molar-refractivity contribution in [2.24, 2.45) is 0 Å². The molecular formula is C16H22NO3SiTe+. The van der Waals surface area contributed by atoms with Crippen molar-refractivity contribution in [2.45, 2.75) is 9.06 Å². The van der Waals surface area contributed by atoms with Gasteiger partial charge >= 0.3 is 141 Å². The first-order chi connectivity index (χ1) is 10.8. The van der Waals surface area contributed by atoms with E-state index in [2.05, 4.69) is 31.9 Å². The van der Waals surface area contributed by atoms with Crippen LogP contribution in [0.1, 0.15) is 5.56 Å². The molecule has 0 aliphatic carbocycles. The molecule has 0 atom stereocenters. The molecule has 4 rings (SSSR count). The van der Waals surface area contributed by atoms with Gasteiger partial charge in [-0.2, -0.15) is 0 Å². The standard InChI is InChI=1S/C16H22NO3SiTe/c1-22(14-7-16-5-3-2-4-6-16)15-21-18-11-8-17(9-12-19-21)10-13-20-21/h2-6H,8-13,15H2,1H3/q+1. The first-order valence-corrected chi connectivity index (χ1v) is 14.7. The molecule has 1 aromatic rings. The zero-order valence-electron chi connectivity index (χ0n) is 12.9. The van der Waals surface area contributed by atoms with E-state index in [-0.39, 0.29) is 0 Å². The molecule has 0 radical (unpaired) electrons. The fourth-order valence-electron chi connectivity index (χ4n) is 2.54. The average molecular weight is 432 g/mol. The molecule has 4 nitrogen and oxygen atoms in total. The van der Waals surface area contributed by atoms with Crippen molar-refractivity contribution in [1.82, 2.24) is 4.90 Å². The van der Waals surface area contributed by atoms with Crippen LogP contribution in [-0.2, 0) is 13.3 Å². The van der Waals surface area contributed by atoms with E-state index >= 15 is 0 Å². The number of nitrogens with zero attached hydrogens (tertiary/aromatic N) is 1. The Kier molecular flexibility index (Phi) is 5.95. The zero-order chi connectivity index (χ0) is 15.3. The summed E-state index contributed by atoms with van der Waals surface area (Å²) in [5.41, 5.74) is 1.09. The Labute approximate surface area is 140 Å². The number of hydrogen-bond acceptors (Lipinski definition) is 4. The van der Waals surface area contributed by atoms with Crippen molar-refractivity contribution in [3.05, 3.63) is 35.9 Å². The summed E-state index contributed by atoms with van der Waals surface area (Å²) in [6.45, 7) is 5.17. The summed E-state index contributed by atoms with van der Waals surface area (Å²) >= 11 is -1.57. The fraction of sp³-hybridized carbons (Fsp3) is 0.500. The molecule has 3 fully saturated rings. The third-order valence-corrected chi connectivity index (χ3v) is 14.5. The zero-order valence-corrected chi connectivity index (χ0v) is 16.2. The molecule has 6 heteroatoms. The van der Waals surface area contributed by atoms with E-state index in [1.165, 1.54) is 0 Å². The number of fused-ring (bicyclic) bond motifs is 6. The van der Waals surface area contributed by atoms with Crippen LogP contribution in [0.3, 0.4) is 0 Å². The third-order valence-electron chi connectivity index (χ3n) is 3.73. The predicted octanol–water partition coefficient (Wildman–Crippen LogP) is 1.56. The van der Waals surface area contributed by atoms with E-state index in [0.29, 0.717) is 0 Å². The molecular weight excluding hydrogens is 410 g/mol. The van der Waals surface area contributed by atoms with Crippen LogP contribution in [0, 0.1) is 9.89 Å². The number of rotatable bonds is 2. The third kappa shape index (κ3) is 4.56. The van der Waals surface area contributed by atoms with Gasteiger partial charge < -0.3 is 0 Å². The van der Waals surface area contributed by atoms with E-state index < -0.39 is 28.4 Å². The second-order valence-corrected chi connectivity index (χ2v) is 14.7. The Morgan fingerprint density at radius 1 is 1.05 bits per heavy atom. The quantitative estimate of drug-likeness (QED) is 0.525. The van der Waals surface area contributed by atoms with Gasteiger partial charge in [-0.3, -0.25) is 0 Å². The van der Waals surface area contributed by atoms with Gasteiger partial charge in [-0.25, -0.2) is 0 Å². The van der Waals surface area contributed by atoms with Gasteiger partial charge in [-0.15, -0.1) is 0 Å². The van der Waals surface area contributed by atoms with Gasteiger partial charge in [0.25, 0.3) is 0 Å². The molecule has 0 spiro atoms. The van der Waals surface area contributed by atoms with Crippen molar-refractivity contribution in [3.63, 3.8) is 0 Å². The van der Waals surface area contributed by atoms with Crippen LogP contribution < -0.4 is 0 Å². The molecule has 1 aromatic carbocycles. The van der Waals surface area contributed by atoms with Crippen LogP contribution in [0.25, 0.3) is 0 Å². The summed E-state index contributed by atoms with van der Waals surface area (Å²) in [7, 11) is -2.48. The molecule has 3 saturated heterocycles. The summed E-state index contributed by atoms with van der Waals surface area (Å²) < 4.78 is 22.7. The van der Waals surface area contributed by atoms with Crippen molar-refractivity contribution in [1.29, 1.82) is 0 Å². The van der Waals surface area contributed by atoms with Crippen LogP contribution in [-0.4, -0.2) is 72.7 Å². The molecule has 0 unspecified atom stereocenters. The van der Waals surface area contributed by atoms with Gasteiger partial charge in [0.1, 0.15) is 0 Å². The summed E-state index contributed by atoms with van der Waals surface area (Å²) in [5, 5.41) is 0. The maximum absolute atomic E-state index is 6.09. The Morgan fingerprint density at radius 3 is 2.23 bits per heavy atom. The van der Waals surface area contributed by atoms with Crippen molar-refractivity contribution in [2.75, 3.05) is 39.5 Å². The molecule has 22 heavy (non-hydrogen) atoms. The monoisotopic (exact) mass is 434 g/mol. The van der Waals surface area contributed by atoms with Crippen LogP contribution in [0.15, 0.2) is 30.3 Å². The van der Waals surface area contributed by atoms with Crippen LogP contribution in [0.4, 0.5) is 0 Å². The van der Waals surface area contributed by atoms with Crippen LogP contribution in [0.2, 0.25) is 9.06 Å². The van der Waals surface area contributed by atoms with Gasteiger partial charge in [0.2, 0.25) is 0 Å². The normalized spacial score (nSPS) is 28.4. The van der Waals surface area contributed by atoms with Gasteiger partial charge in [0, 0.05) is 0 Å². The second kappa shape index (κ2) is 7.94. The van der Waals surface area contributed by atoms with Gasteiger partial charge in [-0.05, 0) is 0 Å². The molecule has 0 N–H and O–H groups in total. The Bertz CT molecular complexity index is 519. The van der Waals surface area contributed by atoms with Gasteiger partial charge in [-0.1, -0.05) is 0 Å². The molecule has 3 aliphatic heterocycles. The molecule has 0 saturated carbocycles. The first kappa shape index (κ1) is 16.5. The topological polar surface area (TPSA) is 30.9 Å². The Morgan fingerprint density at radius 2 is 1.64 bits per heavy atom. The first-order valence-electron chi connectivity index (χ1n) is 7.59. The molecule has 3 aliphatic rings. The summed E-state index contributed by atoms with van der Waals surface area (Å²) in [4.78, 5) is 4.64. The molecule has 2 bridgehead atoms. The van der Waals surface area contributed by atoms with Gasteiger partial charge in [0.05, 0.1) is 0 Å². The number of hydrogen-bond donors (Lipinski definition) is 0. The summed E-state index contributed by atoms with van der Waals surface area (Å²) in [6, 6.07) is 10.2. The average Bonchev–Trinajstić information content (AvgIpc) is 2.47. The summed E-state index contributed by atoms with van der Waals surface area (Å²) in [6.07, 6.45) is 0. The van der Waals surface area contributed by atoms with E-state index in [1.54, 1.807) is 0 Å². The van der Waals surface area contributed by atoms with E-state index in [0.717, 1.165) is 49.1 Å². The molecule has 3 heterocycles.